The minimum absolute atomic E-state index is 0.345. The van der Waals surface area contributed by atoms with Crippen molar-refractivity contribution in [3.8, 4) is 5.75 Å². The summed E-state index contributed by atoms with van der Waals surface area (Å²) < 4.78 is 11.4. The quantitative estimate of drug-likeness (QED) is 0.443. The molecule has 0 aliphatic rings. The highest BCUT2D eigenvalue weighted by Crippen LogP contribution is 2.19. The number of aliphatic imine (C=N–C) groups is 1. The Bertz CT molecular complexity index is 919. The lowest BCUT2D eigenvalue weighted by Gasteiger charge is -2.14. The summed E-state index contributed by atoms with van der Waals surface area (Å²) in [7, 11) is 1.74. The van der Waals surface area contributed by atoms with E-state index >= 15 is 0 Å². The van der Waals surface area contributed by atoms with E-state index < -0.39 is 0 Å². The van der Waals surface area contributed by atoms with Gasteiger partial charge in [-0.3, -0.25) is 4.99 Å². The average molecular weight is 393 g/mol. The van der Waals surface area contributed by atoms with Crippen molar-refractivity contribution in [3.05, 3.63) is 83.2 Å². The van der Waals surface area contributed by atoms with Gasteiger partial charge >= 0.3 is 0 Å². The molecule has 152 valence electrons. The Morgan fingerprint density at radius 3 is 2.48 bits per heavy atom. The largest absolute Gasteiger partial charge is 0.489 e. The van der Waals surface area contributed by atoms with Crippen LogP contribution in [0.2, 0.25) is 0 Å². The molecule has 0 aliphatic carbocycles. The Morgan fingerprint density at radius 1 is 1.03 bits per heavy atom. The molecule has 2 aromatic carbocycles. The molecule has 0 bridgehead atoms. The Balaban J connectivity index is 1.53. The molecule has 0 atom stereocenters. The molecule has 2 N–H and O–H groups in total. The predicted molar refractivity (Wildman–Crippen MR) is 115 cm³/mol. The lowest BCUT2D eigenvalue weighted by Crippen LogP contribution is -2.36. The smallest absolute Gasteiger partial charge is 0.191 e. The number of hydrogen-bond acceptors (Lipinski definition) is 4. The minimum atomic E-state index is 0.345. The van der Waals surface area contributed by atoms with Crippen LogP contribution in [0.3, 0.4) is 0 Å². The van der Waals surface area contributed by atoms with Crippen LogP contribution in [0.1, 0.15) is 42.3 Å². The molecule has 0 aliphatic heterocycles. The summed E-state index contributed by atoms with van der Waals surface area (Å²) in [4.78, 5) is 4.27. The van der Waals surface area contributed by atoms with Crippen molar-refractivity contribution in [2.75, 3.05) is 7.05 Å². The first kappa shape index (κ1) is 20.5. The molecule has 0 saturated carbocycles. The van der Waals surface area contributed by atoms with Crippen molar-refractivity contribution >= 4 is 5.96 Å². The van der Waals surface area contributed by atoms with E-state index in [1.807, 2.05) is 48.5 Å². The SMILES string of the molecule is CN=C(NCc1cc(C(C)C)no1)NCc1ccccc1OCc1ccccc1. The second-order valence-corrected chi connectivity index (χ2v) is 7.03. The molecular weight excluding hydrogens is 364 g/mol. The van der Waals surface area contributed by atoms with E-state index in [2.05, 4.69) is 46.8 Å². The molecule has 0 spiro atoms. The Labute approximate surface area is 172 Å². The van der Waals surface area contributed by atoms with Gasteiger partial charge in [0.15, 0.2) is 11.7 Å². The zero-order chi connectivity index (χ0) is 20.5. The zero-order valence-electron chi connectivity index (χ0n) is 17.2. The third-order valence-electron chi connectivity index (χ3n) is 4.48. The summed E-state index contributed by atoms with van der Waals surface area (Å²) >= 11 is 0. The predicted octanol–water partition coefficient (Wildman–Crippen LogP) is 4.24. The average Bonchev–Trinajstić information content (AvgIpc) is 3.23. The van der Waals surface area contributed by atoms with Crippen LogP contribution in [0.15, 0.2) is 70.2 Å². The van der Waals surface area contributed by atoms with E-state index in [0.29, 0.717) is 31.6 Å². The van der Waals surface area contributed by atoms with E-state index in [-0.39, 0.29) is 0 Å². The van der Waals surface area contributed by atoms with Gasteiger partial charge in [-0.2, -0.15) is 0 Å². The van der Waals surface area contributed by atoms with Crippen molar-refractivity contribution < 1.29 is 9.26 Å². The lowest BCUT2D eigenvalue weighted by atomic mass is 10.1. The normalized spacial score (nSPS) is 11.5. The van der Waals surface area contributed by atoms with E-state index in [4.69, 9.17) is 9.26 Å². The summed E-state index contributed by atoms with van der Waals surface area (Å²) in [6.07, 6.45) is 0. The number of rotatable bonds is 8. The van der Waals surface area contributed by atoms with Crippen molar-refractivity contribution in [2.45, 2.75) is 39.5 Å². The van der Waals surface area contributed by atoms with Crippen LogP contribution in [0.4, 0.5) is 0 Å². The van der Waals surface area contributed by atoms with Gasteiger partial charge in [0.2, 0.25) is 0 Å². The maximum absolute atomic E-state index is 6.02. The van der Waals surface area contributed by atoms with Crippen LogP contribution >= 0.6 is 0 Å². The third kappa shape index (κ3) is 6.10. The fraction of sp³-hybridized carbons (Fsp3) is 0.304. The van der Waals surface area contributed by atoms with Gasteiger partial charge in [0, 0.05) is 25.2 Å². The molecule has 0 fully saturated rings. The first-order valence-electron chi connectivity index (χ1n) is 9.80. The highest BCUT2D eigenvalue weighted by Gasteiger charge is 2.09. The summed E-state index contributed by atoms with van der Waals surface area (Å²) in [5.41, 5.74) is 3.16. The van der Waals surface area contributed by atoms with Crippen LogP contribution in [-0.4, -0.2) is 18.2 Å². The fourth-order valence-corrected chi connectivity index (χ4v) is 2.78. The molecule has 0 radical (unpaired) electrons. The molecule has 1 heterocycles. The highest BCUT2D eigenvalue weighted by atomic mass is 16.5. The number of aromatic nitrogens is 1. The van der Waals surface area contributed by atoms with Crippen LogP contribution in [0, 0.1) is 0 Å². The summed E-state index contributed by atoms with van der Waals surface area (Å²) in [6, 6.07) is 20.1. The zero-order valence-corrected chi connectivity index (χ0v) is 17.2. The number of ether oxygens (including phenoxy) is 1. The van der Waals surface area contributed by atoms with E-state index in [0.717, 1.165) is 28.3 Å². The fourth-order valence-electron chi connectivity index (χ4n) is 2.78. The van der Waals surface area contributed by atoms with Crippen LogP contribution < -0.4 is 15.4 Å². The van der Waals surface area contributed by atoms with Gasteiger partial charge in [-0.1, -0.05) is 67.5 Å². The molecule has 0 amide bonds. The van der Waals surface area contributed by atoms with E-state index in [1.54, 1.807) is 7.05 Å². The number of nitrogens with one attached hydrogen (secondary N) is 2. The first-order chi connectivity index (χ1) is 14.2. The molecule has 0 unspecified atom stereocenters. The van der Waals surface area contributed by atoms with Crippen LogP contribution in [0.5, 0.6) is 5.75 Å². The van der Waals surface area contributed by atoms with Gasteiger partial charge in [0.25, 0.3) is 0 Å². The van der Waals surface area contributed by atoms with E-state index in [9.17, 15) is 0 Å². The third-order valence-corrected chi connectivity index (χ3v) is 4.48. The minimum Gasteiger partial charge on any atom is -0.489 e. The summed E-state index contributed by atoms with van der Waals surface area (Å²) in [5.74, 6) is 2.67. The number of nitrogens with zero attached hydrogens (tertiary/aromatic N) is 2. The van der Waals surface area contributed by atoms with Gasteiger partial charge < -0.3 is 19.9 Å². The van der Waals surface area contributed by atoms with Gasteiger partial charge in [0.1, 0.15) is 12.4 Å². The van der Waals surface area contributed by atoms with Gasteiger partial charge in [0.05, 0.1) is 12.2 Å². The Kier molecular flexibility index (Phi) is 7.28. The van der Waals surface area contributed by atoms with Crippen molar-refractivity contribution in [1.82, 2.24) is 15.8 Å². The number of benzene rings is 2. The topological polar surface area (TPSA) is 71.7 Å². The molecule has 6 nitrogen and oxygen atoms in total. The van der Waals surface area contributed by atoms with E-state index in [1.165, 1.54) is 0 Å². The van der Waals surface area contributed by atoms with Crippen molar-refractivity contribution in [2.24, 2.45) is 4.99 Å². The summed E-state index contributed by atoms with van der Waals surface area (Å²) in [6.45, 7) is 5.83. The second kappa shape index (κ2) is 10.3. The number of para-hydroxylation sites is 1. The number of hydrogen-bond donors (Lipinski definition) is 2. The molecule has 29 heavy (non-hydrogen) atoms. The maximum Gasteiger partial charge on any atom is 0.191 e. The molecule has 0 saturated heterocycles. The molecule has 3 rings (SSSR count). The van der Waals surface area contributed by atoms with Crippen LogP contribution in [0.25, 0.3) is 0 Å². The second-order valence-electron chi connectivity index (χ2n) is 7.03. The lowest BCUT2D eigenvalue weighted by molar-refractivity contribution is 0.302. The van der Waals surface area contributed by atoms with Crippen LogP contribution in [-0.2, 0) is 19.7 Å². The van der Waals surface area contributed by atoms with Gasteiger partial charge in [-0.05, 0) is 17.5 Å². The van der Waals surface area contributed by atoms with Crippen molar-refractivity contribution in [3.63, 3.8) is 0 Å². The van der Waals surface area contributed by atoms with Crippen molar-refractivity contribution in [1.29, 1.82) is 0 Å². The van der Waals surface area contributed by atoms with Gasteiger partial charge in [-0.25, -0.2) is 0 Å². The van der Waals surface area contributed by atoms with Gasteiger partial charge in [-0.15, -0.1) is 0 Å². The standard InChI is InChI=1S/C23H28N4O2/c1-17(2)21-13-20(29-27-21)15-26-23(24-3)25-14-19-11-7-8-12-22(19)28-16-18-9-5-4-6-10-18/h4-13,17H,14-16H2,1-3H3,(H2,24,25,26). The monoisotopic (exact) mass is 392 g/mol. The number of guanidine groups is 1. The summed E-state index contributed by atoms with van der Waals surface area (Å²) in [5, 5.41) is 10.6. The molecular formula is C23H28N4O2. The first-order valence-corrected chi connectivity index (χ1v) is 9.80. The highest BCUT2D eigenvalue weighted by molar-refractivity contribution is 5.79. The molecule has 3 aromatic rings. The molecule has 1 aromatic heterocycles. The Hall–Kier alpha value is -3.28. The Morgan fingerprint density at radius 2 is 1.76 bits per heavy atom. The maximum atomic E-state index is 6.02. The molecule has 6 heteroatoms.